The fourth-order valence-corrected chi connectivity index (χ4v) is 2.57. The molecule has 4 nitrogen and oxygen atoms in total. The molecule has 1 unspecified atom stereocenters. The molecule has 0 aromatic heterocycles. The van der Waals surface area contributed by atoms with Gasteiger partial charge in [-0.15, -0.1) is 0 Å². The number of hydrogen-bond acceptors (Lipinski definition) is 4. The predicted molar refractivity (Wildman–Crippen MR) is 60.9 cm³/mol. The van der Waals surface area contributed by atoms with Crippen LogP contribution in [-0.4, -0.2) is 73.9 Å². The van der Waals surface area contributed by atoms with Gasteiger partial charge in [-0.1, -0.05) is 0 Å². The maximum absolute atomic E-state index is 8.85. The van der Waals surface area contributed by atoms with Crippen LogP contribution in [0.15, 0.2) is 0 Å². The molecule has 0 amide bonds. The molecule has 1 atom stereocenters. The summed E-state index contributed by atoms with van der Waals surface area (Å²) in [5.74, 6) is 0.870. The number of aliphatic hydroxyl groups excluding tert-OH is 1. The molecule has 0 saturated carbocycles. The topological polar surface area (TPSA) is 38.7 Å². The molecule has 4 heteroatoms. The maximum atomic E-state index is 8.85. The average molecular weight is 213 g/mol. The standard InChI is InChI=1S/C11H23N3O/c15-8-7-13-3-5-14(6-4-13)10-11-1-2-12-9-11/h11-12,15H,1-10H2. The van der Waals surface area contributed by atoms with Crippen LogP contribution in [0, 0.1) is 5.92 Å². The molecule has 2 aliphatic heterocycles. The molecular weight excluding hydrogens is 190 g/mol. The molecule has 15 heavy (non-hydrogen) atoms. The minimum absolute atomic E-state index is 0.298. The van der Waals surface area contributed by atoms with E-state index in [-0.39, 0.29) is 0 Å². The number of rotatable bonds is 4. The zero-order valence-electron chi connectivity index (χ0n) is 9.49. The summed E-state index contributed by atoms with van der Waals surface area (Å²) < 4.78 is 0. The molecule has 2 saturated heterocycles. The molecule has 2 fully saturated rings. The molecule has 0 aromatic rings. The van der Waals surface area contributed by atoms with E-state index in [1.54, 1.807) is 0 Å². The van der Waals surface area contributed by atoms with Gasteiger partial charge in [-0.3, -0.25) is 4.90 Å². The zero-order valence-corrected chi connectivity index (χ0v) is 9.49. The van der Waals surface area contributed by atoms with Gasteiger partial charge in [0.25, 0.3) is 0 Å². The third-order valence-corrected chi connectivity index (χ3v) is 3.56. The third-order valence-electron chi connectivity index (χ3n) is 3.56. The first-order valence-corrected chi connectivity index (χ1v) is 6.15. The van der Waals surface area contributed by atoms with Crippen molar-refractivity contribution in [3.8, 4) is 0 Å². The van der Waals surface area contributed by atoms with E-state index >= 15 is 0 Å². The van der Waals surface area contributed by atoms with Gasteiger partial charge >= 0.3 is 0 Å². The van der Waals surface area contributed by atoms with Crippen molar-refractivity contribution >= 4 is 0 Å². The zero-order chi connectivity index (χ0) is 10.5. The Morgan fingerprint density at radius 1 is 1.13 bits per heavy atom. The van der Waals surface area contributed by atoms with Gasteiger partial charge in [-0.05, 0) is 25.4 Å². The van der Waals surface area contributed by atoms with Crippen molar-refractivity contribution in [2.75, 3.05) is 59.0 Å². The van der Waals surface area contributed by atoms with Crippen LogP contribution in [0.4, 0.5) is 0 Å². The van der Waals surface area contributed by atoms with Gasteiger partial charge in [0.15, 0.2) is 0 Å². The molecule has 2 rings (SSSR count). The number of nitrogens with one attached hydrogen (secondary N) is 1. The Balaban J connectivity index is 1.64. The average Bonchev–Trinajstić information content (AvgIpc) is 2.74. The number of piperazine rings is 1. The van der Waals surface area contributed by atoms with Crippen molar-refractivity contribution in [3.63, 3.8) is 0 Å². The number of aliphatic hydroxyl groups is 1. The molecule has 0 aromatic carbocycles. The summed E-state index contributed by atoms with van der Waals surface area (Å²) in [6.07, 6.45) is 1.34. The molecule has 88 valence electrons. The molecule has 2 heterocycles. The fraction of sp³-hybridized carbons (Fsp3) is 1.00. The predicted octanol–water partition coefficient (Wildman–Crippen LogP) is -0.794. The first kappa shape index (κ1) is 11.3. The number of hydrogen-bond donors (Lipinski definition) is 2. The second kappa shape index (κ2) is 5.80. The molecule has 0 bridgehead atoms. The van der Waals surface area contributed by atoms with Gasteiger partial charge in [-0.25, -0.2) is 0 Å². The van der Waals surface area contributed by atoms with Crippen LogP contribution < -0.4 is 5.32 Å². The highest BCUT2D eigenvalue weighted by Crippen LogP contribution is 2.11. The molecular formula is C11H23N3O. The highest BCUT2D eigenvalue weighted by Gasteiger charge is 2.21. The molecule has 0 aliphatic carbocycles. The lowest BCUT2D eigenvalue weighted by molar-refractivity contribution is 0.103. The van der Waals surface area contributed by atoms with E-state index < -0.39 is 0 Å². The molecule has 2 N–H and O–H groups in total. The highest BCUT2D eigenvalue weighted by atomic mass is 16.3. The van der Waals surface area contributed by atoms with E-state index in [2.05, 4.69) is 15.1 Å². The Hall–Kier alpha value is -0.160. The maximum Gasteiger partial charge on any atom is 0.0558 e. The largest absolute Gasteiger partial charge is 0.395 e. The molecule has 0 spiro atoms. The summed E-state index contributed by atoms with van der Waals surface area (Å²) in [7, 11) is 0. The Morgan fingerprint density at radius 3 is 2.47 bits per heavy atom. The smallest absolute Gasteiger partial charge is 0.0558 e. The van der Waals surface area contributed by atoms with Gasteiger partial charge in [0.1, 0.15) is 0 Å². The van der Waals surface area contributed by atoms with Crippen molar-refractivity contribution in [2.24, 2.45) is 5.92 Å². The molecule has 0 radical (unpaired) electrons. The highest BCUT2D eigenvalue weighted by molar-refractivity contribution is 4.78. The first-order chi connectivity index (χ1) is 7.38. The van der Waals surface area contributed by atoms with Crippen molar-refractivity contribution in [3.05, 3.63) is 0 Å². The van der Waals surface area contributed by atoms with Crippen LogP contribution in [0.2, 0.25) is 0 Å². The van der Waals surface area contributed by atoms with E-state index in [0.717, 1.165) is 25.6 Å². The van der Waals surface area contributed by atoms with Crippen molar-refractivity contribution < 1.29 is 5.11 Å². The minimum atomic E-state index is 0.298. The SMILES string of the molecule is OCCN1CCN(CC2CCNC2)CC1. The number of β-amino-alcohol motifs (C(OH)–C–C–N with tert-alkyl or cyclic N) is 1. The van der Waals surface area contributed by atoms with Crippen molar-refractivity contribution in [2.45, 2.75) is 6.42 Å². The summed E-state index contributed by atoms with van der Waals surface area (Å²) in [5.41, 5.74) is 0. The number of nitrogens with zero attached hydrogens (tertiary/aromatic N) is 2. The summed E-state index contributed by atoms with van der Waals surface area (Å²) in [6.45, 7) is 9.42. The lowest BCUT2D eigenvalue weighted by atomic mass is 10.1. The minimum Gasteiger partial charge on any atom is -0.395 e. The van der Waals surface area contributed by atoms with Crippen molar-refractivity contribution in [1.29, 1.82) is 0 Å². The monoisotopic (exact) mass is 213 g/mol. The van der Waals surface area contributed by atoms with Crippen LogP contribution in [0.25, 0.3) is 0 Å². The van der Waals surface area contributed by atoms with Gasteiger partial charge in [0, 0.05) is 39.3 Å². The van der Waals surface area contributed by atoms with Crippen LogP contribution in [0.1, 0.15) is 6.42 Å². The lowest BCUT2D eigenvalue weighted by Crippen LogP contribution is -2.48. The summed E-state index contributed by atoms with van der Waals surface area (Å²) in [6, 6.07) is 0. The Kier molecular flexibility index (Phi) is 4.38. The van der Waals surface area contributed by atoms with Crippen LogP contribution in [-0.2, 0) is 0 Å². The summed E-state index contributed by atoms with van der Waals surface area (Å²) in [4.78, 5) is 4.93. The van der Waals surface area contributed by atoms with Crippen LogP contribution in [0.3, 0.4) is 0 Å². The second-order valence-corrected chi connectivity index (χ2v) is 4.72. The Labute approximate surface area is 92.2 Å². The van der Waals surface area contributed by atoms with E-state index in [9.17, 15) is 0 Å². The Bertz CT molecular complexity index is 175. The van der Waals surface area contributed by atoms with Gasteiger partial charge in [-0.2, -0.15) is 0 Å². The lowest BCUT2D eigenvalue weighted by Gasteiger charge is -2.35. The molecule has 2 aliphatic rings. The second-order valence-electron chi connectivity index (χ2n) is 4.72. The van der Waals surface area contributed by atoms with E-state index in [1.165, 1.54) is 39.1 Å². The summed E-state index contributed by atoms with van der Waals surface area (Å²) >= 11 is 0. The van der Waals surface area contributed by atoms with Gasteiger partial charge in [0.05, 0.1) is 6.61 Å². The van der Waals surface area contributed by atoms with Crippen LogP contribution in [0.5, 0.6) is 0 Å². The summed E-state index contributed by atoms with van der Waals surface area (Å²) in [5, 5.41) is 12.3. The normalized spacial score (nSPS) is 29.8. The third kappa shape index (κ3) is 3.41. The Morgan fingerprint density at radius 2 is 1.87 bits per heavy atom. The fourth-order valence-electron chi connectivity index (χ4n) is 2.57. The van der Waals surface area contributed by atoms with Crippen LogP contribution >= 0.6 is 0 Å². The van der Waals surface area contributed by atoms with Crippen molar-refractivity contribution in [1.82, 2.24) is 15.1 Å². The quantitative estimate of drug-likeness (QED) is 0.642. The van der Waals surface area contributed by atoms with Gasteiger partial charge < -0.3 is 15.3 Å². The van der Waals surface area contributed by atoms with E-state index in [0.29, 0.717) is 6.61 Å². The van der Waals surface area contributed by atoms with E-state index in [1.807, 2.05) is 0 Å². The van der Waals surface area contributed by atoms with Gasteiger partial charge in [0.2, 0.25) is 0 Å². The first-order valence-electron chi connectivity index (χ1n) is 6.15. The van der Waals surface area contributed by atoms with E-state index in [4.69, 9.17) is 5.11 Å².